The van der Waals surface area contributed by atoms with Gasteiger partial charge in [-0.1, -0.05) is 17.7 Å². The van der Waals surface area contributed by atoms with E-state index in [9.17, 15) is 9.59 Å². The maximum Gasteiger partial charge on any atom is 0.272 e. The number of amides is 1. The molecule has 1 amide bonds. The highest BCUT2D eigenvalue weighted by Crippen LogP contribution is 2.27. The lowest BCUT2D eigenvalue weighted by Gasteiger charge is -2.15. The molecule has 104 valence electrons. The monoisotopic (exact) mass is 291 g/mol. The van der Waals surface area contributed by atoms with Gasteiger partial charge in [-0.15, -0.1) is 0 Å². The molecule has 1 aromatic heterocycles. The lowest BCUT2D eigenvalue weighted by atomic mass is 10.2. The van der Waals surface area contributed by atoms with Gasteiger partial charge in [0.2, 0.25) is 5.56 Å². The van der Waals surface area contributed by atoms with Gasteiger partial charge in [0.25, 0.3) is 5.91 Å². The van der Waals surface area contributed by atoms with E-state index in [1.165, 1.54) is 18.2 Å². The Morgan fingerprint density at radius 3 is 2.60 bits per heavy atom. The molecular formula is C14H14ClN3O2. The summed E-state index contributed by atoms with van der Waals surface area (Å²) in [5.41, 5.74) is 1.30. The summed E-state index contributed by atoms with van der Waals surface area (Å²) in [5, 5.41) is 3.22. The Balaban J connectivity index is 2.20. The molecule has 0 radical (unpaired) electrons. The average Bonchev–Trinajstić information content (AvgIpc) is 2.38. The number of benzene rings is 1. The molecule has 1 aromatic carbocycles. The van der Waals surface area contributed by atoms with Crippen LogP contribution in [0, 0.1) is 0 Å². The molecule has 0 saturated heterocycles. The average molecular weight is 292 g/mol. The number of nitrogens with zero attached hydrogens (tertiary/aromatic N) is 1. The zero-order valence-corrected chi connectivity index (χ0v) is 11.9. The highest BCUT2D eigenvalue weighted by atomic mass is 35.5. The van der Waals surface area contributed by atoms with Gasteiger partial charge in [0.05, 0.1) is 10.7 Å². The Kier molecular flexibility index (Phi) is 4.10. The third-order valence-electron chi connectivity index (χ3n) is 2.70. The lowest BCUT2D eigenvalue weighted by molar-refractivity contribution is 0.102. The number of carbonyl (C=O) groups excluding carboxylic acids is 1. The van der Waals surface area contributed by atoms with Crippen molar-refractivity contribution in [2.75, 3.05) is 24.3 Å². The van der Waals surface area contributed by atoms with Crippen LogP contribution in [0.2, 0.25) is 5.02 Å². The number of aromatic nitrogens is 1. The van der Waals surface area contributed by atoms with Crippen LogP contribution in [0.4, 0.5) is 11.4 Å². The summed E-state index contributed by atoms with van der Waals surface area (Å²) in [4.78, 5) is 27.5. The van der Waals surface area contributed by atoms with Crippen molar-refractivity contribution < 1.29 is 4.79 Å². The first-order valence-corrected chi connectivity index (χ1v) is 6.33. The first-order chi connectivity index (χ1) is 9.47. The molecule has 0 aliphatic rings. The molecule has 2 rings (SSSR count). The number of hydrogen-bond donors (Lipinski definition) is 2. The van der Waals surface area contributed by atoms with Gasteiger partial charge in [-0.25, -0.2) is 0 Å². The van der Waals surface area contributed by atoms with Crippen molar-refractivity contribution in [1.82, 2.24) is 4.98 Å². The van der Waals surface area contributed by atoms with E-state index in [0.717, 1.165) is 5.69 Å². The van der Waals surface area contributed by atoms with E-state index in [-0.39, 0.29) is 11.3 Å². The van der Waals surface area contributed by atoms with E-state index in [4.69, 9.17) is 11.6 Å². The summed E-state index contributed by atoms with van der Waals surface area (Å²) in [6, 6.07) is 9.63. The Morgan fingerprint density at radius 1 is 1.25 bits per heavy atom. The number of anilines is 2. The zero-order chi connectivity index (χ0) is 14.7. The summed E-state index contributed by atoms with van der Waals surface area (Å²) in [6.07, 6.45) is 0. The molecule has 0 bridgehead atoms. The second-order valence-electron chi connectivity index (χ2n) is 4.44. The fourth-order valence-electron chi connectivity index (χ4n) is 1.73. The van der Waals surface area contributed by atoms with Crippen LogP contribution < -0.4 is 15.8 Å². The molecule has 2 aromatic rings. The van der Waals surface area contributed by atoms with Gasteiger partial charge < -0.3 is 15.2 Å². The molecule has 0 fully saturated rings. The van der Waals surface area contributed by atoms with Crippen molar-refractivity contribution in [3.05, 3.63) is 57.5 Å². The minimum atomic E-state index is -0.392. The standard InChI is InChI=1S/C14H14ClN3O2/c1-18(2)12-7-6-9(8-10(12)15)16-14(20)11-4-3-5-13(19)17-11/h3-8H,1-2H3,(H,16,20)(H,17,19). The van der Waals surface area contributed by atoms with Gasteiger partial charge >= 0.3 is 0 Å². The third kappa shape index (κ3) is 3.19. The van der Waals surface area contributed by atoms with Crippen LogP contribution >= 0.6 is 11.6 Å². The van der Waals surface area contributed by atoms with Gasteiger partial charge in [-0.3, -0.25) is 9.59 Å². The molecule has 0 saturated carbocycles. The minimum Gasteiger partial charge on any atom is -0.376 e. The van der Waals surface area contributed by atoms with E-state index in [0.29, 0.717) is 10.7 Å². The molecule has 0 unspecified atom stereocenters. The number of aromatic amines is 1. The second-order valence-corrected chi connectivity index (χ2v) is 4.85. The topological polar surface area (TPSA) is 65.2 Å². The zero-order valence-electron chi connectivity index (χ0n) is 11.1. The summed E-state index contributed by atoms with van der Waals surface area (Å²) in [7, 11) is 3.77. The number of H-pyrrole nitrogens is 1. The quantitative estimate of drug-likeness (QED) is 0.912. The largest absolute Gasteiger partial charge is 0.376 e. The molecular weight excluding hydrogens is 278 g/mol. The fourth-order valence-corrected chi connectivity index (χ4v) is 2.08. The Labute approximate surface area is 121 Å². The molecule has 2 N–H and O–H groups in total. The van der Waals surface area contributed by atoms with Crippen molar-refractivity contribution in [2.24, 2.45) is 0 Å². The van der Waals surface area contributed by atoms with Gasteiger partial charge in [-0.05, 0) is 24.3 Å². The number of halogens is 1. The van der Waals surface area contributed by atoms with Crippen LogP contribution in [0.3, 0.4) is 0 Å². The Bertz CT molecular complexity index is 695. The van der Waals surface area contributed by atoms with E-state index < -0.39 is 5.91 Å². The highest BCUT2D eigenvalue weighted by Gasteiger charge is 2.09. The predicted octanol–water partition coefficient (Wildman–Crippen LogP) is 2.35. The van der Waals surface area contributed by atoms with Gasteiger partial charge in [0.15, 0.2) is 0 Å². The van der Waals surface area contributed by atoms with Crippen LogP contribution in [0.25, 0.3) is 0 Å². The van der Waals surface area contributed by atoms with Crippen molar-refractivity contribution in [3.63, 3.8) is 0 Å². The minimum absolute atomic E-state index is 0.199. The van der Waals surface area contributed by atoms with Crippen LogP contribution in [-0.2, 0) is 0 Å². The lowest BCUT2D eigenvalue weighted by Crippen LogP contribution is -2.18. The normalized spacial score (nSPS) is 10.2. The van der Waals surface area contributed by atoms with Crippen molar-refractivity contribution in [2.45, 2.75) is 0 Å². The first-order valence-electron chi connectivity index (χ1n) is 5.95. The Morgan fingerprint density at radius 2 is 2.00 bits per heavy atom. The molecule has 0 aliphatic heterocycles. The SMILES string of the molecule is CN(C)c1ccc(NC(=O)c2cccc(=O)[nH]2)cc1Cl. The van der Waals surface area contributed by atoms with Crippen LogP contribution in [0.5, 0.6) is 0 Å². The number of nitrogens with one attached hydrogen (secondary N) is 2. The molecule has 0 spiro atoms. The van der Waals surface area contributed by atoms with E-state index >= 15 is 0 Å². The first kappa shape index (κ1) is 14.1. The smallest absolute Gasteiger partial charge is 0.272 e. The number of pyridine rings is 1. The van der Waals surface area contributed by atoms with Crippen molar-refractivity contribution in [1.29, 1.82) is 0 Å². The second kappa shape index (κ2) is 5.79. The summed E-state index contributed by atoms with van der Waals surface area (Å²) in [6.45, 7) is 0. The highest BCUT2D eigenvalue weighted by molar-refractivity contribution is 6.33. The fraction of sp³-hybridized carbons (Fsp3) is 0.143. The number of rotatable bonds is 3. The van der Waals surface area contributed by atoms with E-state index in [2.05, 4.69) is 10.3 Å². The summed E-state index contributed by atoms with van der Waals surface area (Å²) < 4.78 is 0. The molecule has 6 heteroatoms. The number of carbonyl (C=O) groups is 1. The Hall–Kier alpha value is -2.27. The molecule has 0 aliphatic carbocycles. The van der Waals surface area contributed by atoms with E-state index in [1.807, 2.05) is 25.1 Å². The van der Waals surface area contributed by atoms with Gasteiger partial charge in [0.1, 0.15) is 5.69 Å². The van der Waals surface area contributed by atoms with Gasteiger partial charge in [-0.2, -0.15) is 0 Å². The molecule has 5 nitrogen and oxygen atoms in total. The van der Waals surface area contributed by atoms with Gasteiger partial charge in [0, 0.05) is 25.8 Å². The summed E-state index contributed by atoms with van der Waals surface area (Å²) in [5.74, 6) is -0.392. The van der Waals surface area contributed by atoms with Crippen molar-refractivity contribution >= 4 is 28.9 Å². The molecule has 20 heavy (non-hydrogen) atoms. The van der Waals surface area contributed by atoms with Crippen molar-refractivity contribution in [3.8, 4) is 0 Å². The number of hydrogen-bond acceptors (Lipinski definition) is 3. The summed E-state index contributed by atoms with van der Waals surface area (Å²) >= 11 is 6.13. The predicted molar refractivity (Wildman–Crippen MR) is 80.8 cm³/mol. The maximum atomic E-state index is 12.0. The molecule has 1 heterocycles. The van der Waals surface area contributed by atoms with Crippen LogP contribution in [-0.4, -0.2) is 25.0 Å². The van der Waals surface area contributed by atoms with E-state index in [1.54, 1.807) is 12.1 Å². The molecule has 0 atom stereocenters. The maximum absolute atomic E-state index is 12.0. The van der Waals surface area contributed by atoms with Crippen LogP contribution in [0.1, 0.15) is 10.5 Å². The van der Waals surface area contributed by atoms with Crippen LogP contribution in [0.15, 0.2) is 41.2 Å². The third-order valence-corrected chi connectivity index (χ3v) is 3.00.